The van der Waals surface area contributed by atoms with Gasteiger partial charge in [-0.3, -0.25) is 4.79 Å². The van der Waals surface area contributed by atoms with Gasteiger partial charge in [0.25, 0.3) is 0 Å². The zero-order valence-electron chi connectivity index (χ0n) is 20.5. The number of nitrogens with two attached hydrogens (primary N) is 1. The van der Waals surface area contributed by atoms with Crippen molar-refractivity contribution >= 4 is 14.2 Å². The van der Waals surface area contributed by atoms with E-state index in [-0.39, 0.29) is 52.4 Å². The van der Waals surface area contributed by atoms with Crippen molar-refractivity contribution in [3.05, 3.63) is 0 Å². The largest absolute Gasteiger partial charge is 1.00 e. The van der Waals surface area contributed by atoms with Gasteiger partial charge in [0.15, 0.2) is 0 Å². The minimum Gasteiger partial charge on any atom is -1.00 e. The van der Waals surface area contributed by atoms with Crippen molar-refractivity contribution in [2.75, 3.05) is 20.2 Å². The molecule has 0 spiro atoms. The molecule has 2 aliphatic carbocycles. The van der Waals surface area contributed by atoms with Crippen LogP contribution in [0.15, 0.2) is 0 Å². The van der Waals surface area contributed by atoms with Crippen molar-refractivity contribution < 1.29 is 54.1 Å². The molecule has 0 aromatic carbocycles. The van der Waals surface area contributed by atoms with E-state index in [1.807, 2.05) is 0 Å². The number of nitrogens with one attached hydrogen (secondary N) is 1. The van der Waals surface area contributed by atoms with Crippen LogP contribution >= 0.6 is 0 Å². The molecule has 2 rings (SSSR count). The van der Waals surface area contributed by atoms with Crippen molar-refractivity contribution in [1.82, 2.24) is 5.32 Å². The number of alkyl halides is 3. The number of carbonyl (C=O) groups excluding carboxylic acids is 1. The smallest absolute Gasteiger partial charge is 1.00 e. The van der Waals surface area contributed by atoms with Crippen LogP contribution < -0.4 is 40.6 Å². The summed E-state index contributed by atoms with van der Waals surface area (Å²) in [5.74, 6) is 0.464. The molecule has 30 heavy (non-hydrogen) atoms. The first-order valence-corrected chi connectivity index (χ1v) is 10.9. The number of carbonyl (C=O) groups is 1. The summed E-state index contributed by atoms with van der Waals surface area (Å²) in [7, 11) is 1.00. The number of Topliss-reactive ketones (excluding diaryl/α,β-unsaturated/α-hetero) is 1. The Balaban J connectivity index is -0.000000102. The fourth-order valence-electron chi connectivity index (χ4n) is 3.04. The minimum absolute atomic E-state index is 0. The summed E-state index contributed by atoms with van der Waals surface area (Å²) >= 11 is 0. The fourth-order valence-corrected chi connectivity index (χ4v) is 3.04. The maximum absolute atomic E-state index is 11.2. The zero-order valence-corrected chi connectivity index (χ0v) is 21.5. The third-order valence-corrected chi connectivity index (χ3v) is 4.64. The molecule has 0 amide bonds. The van der Waals surface area contributed by atoms with E-state index < -0.39 is 12.6 Å². The van der Waals surface area contributed by atoms with Gasteiger partial charge in [-0.15, -0.1) is 0 Å². The van der Waals surface area contributed by atoms with Crippen molar-refractivity contribution in [2.24, 2.45) is 5.73 Å². The molecule has 4 nitrogen and oxygen atoms in total. The molecule has 3 radical (unpaired) electrons. The van der Waals surface area contributed by atoms with Gasteiger partial charge in [0.05, 0.1) is 0 Å². The van der Waals surface area contributed by atoms with Crippen LogP contribution in [0.2, 0.25) is 0 Å². The van der Waals surface area contributed by atoms with E-state index in [0.29, 0.717) is 5.78 Å². The molecule has 2 saturated carbocycles. The maximum atomic E-state index is 11.2. The van der Waals surface area contributed by atoms with E-state index in [4.69, 9.17) is 10.8 Å². The number of aliphatic hydroxyl groups excluding tert-OH is 1. The molecule has 0 bridgehead atoms. The van der Waals surface area contributed by atoms with Gasteiger partial charge in [-0.25, -0.2) is 0 Å². The Hall–Kier alpha value is 0.405. The monoisotopic (exact) mass is 447 g/mol. The Morgan fingerprint density at radius 2 is 1.53 bits per heavy atom. The van der Waals surface area contributed by atoms with E-state index in [9.17, 15) is 18.0 Å². The second kappa shape index (κ2) is 27.4. The summed E-state index contributed by atoms with van der Waals surface area (Å²) in [6.45, 7) is 3.60. The van der Waals surface area contributed by atoms with E-state index in [0.717, 1.165) is 38.8 Å². The van der Waals surface area contributed by atoms with E-state index >= 15 is 0 Å². The molecule has 0 atom stereocenters. The number of aliphatic hydroxyl groups is 1. The van der Waals surface area contributed by atoms with Crippen LogP contribution in [0.3, 0.4) is 0 Å². The van der Waals surface area contributed by atoms with Gasteiger partial charge in [-0.05, 0) is 51.6 Å². The molecule has 4 N–H and O–H groups in total. The minimum atomic E-state index is -4.03. The number of hydrogen-bond donors (Lipinski definition) is 3. The SMILES string of the molecule is CCCCNC1CCCCC1.CO.NCCCC(F)(F)F.O=C1CCCCC1.[B].[H-].[Na+]. The molecule has 0 heterocycles. The number of halogens is 3. The van der Waals surface area contributed by atoms with Crippen molar-refractivity contribution in [3.8, 4) is 0 Å². The van der Waals surface area contributed by atoms with E-state index in [1.54, 1.807) is 0 Å². The topological polar surface area (TPSA) is 75.3 Å². The summed E-state index contributed by atoms with van der Waals surface area (Å²) in [5.41, 5.74) is 4.84. The number of unbranched alkanes of at least 4 members (excludes halogenated alkanes) is 1. The molecule has 0 aromatic heterocycles. The van der Waals surface area contributed by atoms with Gasteiger partial charge in [0.1, 0.15) is 5.78 Å². The van der Waals surface area contributed by atoms with Crippen LogP contribution in [-0.4, -0.2) is 51.7 Å². The third kappa shape index (κ3) is 30.6. The number of hydrogen-bond acceptors (Lipinski definition) is 4. The molecular formula is C21H44BF3N2NaO2. The average Bonchev–Trinajstić information content (AvgIpc) is 2.70. The van der Waals surface area contributed by atoms with E-state index in [1.165, 1.54) is 57.9 Å². The van der Waals surface area contributed by atoms with Crippen molar-refractivity contribution in [3.63, 3.8) is 0 Å². The Kier molecular flexibility index (Phi) is 34.5. The first kappa shape index (κ1) is 37.7. The predicted octanol–water partition coefficient (Wildman–Crippen LogP) is 1.86. The van der Waals surface area contributed by atoms with Gasteiger partial charge >= 0.3 is 35.7 Å². The van der Waals surface area contributed by atoms with Crippen LogP contribution in [0.1, 0.15) is 98.2 Å². The summed E-state index contributed by atoms with van der Waals surface area (Å²) < 4.78 is 33.6. The van der Waals surface area contributed by atoms with Gasteiger partial charge in [-0.2, -0.15) is 13.2 Å². The molecule has 0 unspecified atom stereocenters. The van der Waals surface area contributed by atoms with Crippen LogP contribution in [0, 0.1) is 0 Å². The second-order valence-corrected chi connectivity index (χ2v) is 7.25. The molecule has 2 aliphatic rings. The van der Waals surface area contributed by atoms with Gasteiger partial charge < -0.3 is 17.6 Å². The molecule has 0 saturated heterocycles. The molecule has 0 aliphatic heterocycles. The normalized spacial score (nSPS) is 16.2. The summed E-state index contributed by atoms with van der Waals surface area (Å²) in [6.07, 6.45) is 10.3. The standard InChI is InChI=1S/C10H21N.C6H10O.C4H8F3N.CH4O.B.Na.H/c1-2-3-9-11-10-7-5-4-6-8-10;7-6-4-2-1-3-5-6;5-4(6,7)2-1-3-8;1-2;;;/h10-11H,2-9H2,1H3;1-5H2;1-3,8H2;2H,1H3;;;/q;;;;;+1;-1. The van der Waals surface area contributed by atoms with Gasteiger partial charge in [0, 0.05) is 40.8 Å². The van der Waals surface area contributed by atoms with E-state index in [2.05, 4.69) is 12.2 Å². The third-order valence-electron chi connectivity index (χ3n) is 4.64. The van der Waals surface area contributed by atoms with Crippen LogP contribution in [0.4, 0.5) is 13.2 Å². The quantitative estimate of drug-likeness (QED) is 0.429. The number of rotatable bonds is 6. The van der Waals surface area contributed by atoms with Crippen LogP contribution in [0.5, 0.6) is 0 Å². The first-order valence-electron chi connectivity index (χ1n) is 10.9. The Morgan fingerprint density at radius 1 is 1.03 bits per heavy atom. The van der Waals surface area contributed by atoms with Gasteiger partial charge in [0.2, 0.25) is 0 Å². The second-order valence-electron chi connectivity index (χ2n) is 7.25. The molecule has 2 fully saturated rings. The summed E-state index contributed by atoms with van der Waals surface area (Å²) in [6, 6.07) is 0.857. The van der Waals surface area contributed by atoms with Crippen LogP contribution in [0.25, 0.3) is 0 Å². The first-order chi connectivity index (χ1) is 13.4. The molecule has 9 heteroatoms. The Labute approximate surface area is 208 Å². The summed E-state index contributed by atoms with van der Waals surface area (Å²) in [4.78, 5) is 10.5. The molecule has 175 valence electrons. The Morgan fingerprint density at radius 3 is 1.87 bits per heavy atom. The zero-order chi connectivity index (χ0) is 21.7. The predicted molar refractivity (Wildman–Crippen MR) is 117 cm³/mol. The molecule has 0 aromatic rings. The van der Waals surface area contributed by atoms with Crippen molar-refractivity contribution in [2.45, 2.75) is 109 Å². The van der Waals surface area contributed by atoms with Gasteiger partial charge in [-0.1, -0.05) is 39.0 Å². The summed E-state index contributed by atoms with van der Waals surface area (Å²) in [5, 5.41) is 10.6. The fraction of sp³-hybridized carbons (Fsp3) is 0.952. The number of ketones is 1. The Bertz CT molecular complexity index is 345. The average molecular weight is 447 g/mol. The maximum Gasteiger partial charge on any atom is 1.00 e. The molecular weight excluding hydrogens is 403 g/mol. The van der Waals surface area contributed by atoms with Crippen molar-refractivity contribution in [1.29, 1.82) is 0 Å². The van der Waals surface area contributed by atoms with Crippen LogP contribution in [-0.2, 0) is 4.79 Å².